The normalized spacial score (nSPS) is 26.8. The Balaban J connectivity index is 1.51. The smallest absolute Gasteiger partial charge is 0.368 e. The van der Waals surface area contributed by atoms with Crippen LogP contribution in [-0.4, -0.2) is 75.5 Å². The molecule has 9 heteroatoms. The molecule has 0 bridgehead atoms. The minimum Gasteiger partial charge on any atom is -0.368 e. The van der Waals surface area contributed by atoms with Crippen LogP contribution in [-0.2, 0) is 9.84 Å². The molecule has 2 fully saturated rings. The van der Waals surface area contributed by atoms with Gasteiger partial charge in [-0.25, -0.2) is 8.42 Å². The molecule has 0 amide bonds. The summed E-state index contributed by atoms with van der Waals surface area (Å²) < 4.78 is 63.4. The van der Waals surface area contributed by atoms with Crippen molar-refractivity contribution in [2.75, 3.05) is 43.9 Å². The molecule has 198 valence electrons. The zero-order chi connectivity index (χ0) is 26.1. The van der Waals surface area contributed by atoms with E-state index in [1.165, 1.54) is 11.8 Å². The van der Waals surface area contributed by atoms with Crippen molar-refractivity contribution in [2.24, 2.45) is 5.92 Å². The number of hydrogen-bond acceptors (Lipinski definition) is 5. The number of anilines is 1. The van der Waals surface area contributed by atoms with Crippen LogP contribution in [0.5, 0.6) is 0 Å². The van der Waals surface area contributed by atoms with Crippen LogP contribution in [0, 0.1) is 5.92 Å². The van der Waals surface area contributed by atoms with E-state index in [2.05, 4.69) is 21.9 Å². The van der Waals surface area contributed by atoms with E-state index in [1.54, 1.807) is 23.1 Å². The summed E-state index contributed by atoms with van der Waals surface area (Å²) in [6.07, 6.45) is -1.46. The van der Waals surface area contributed by atoms with E-state index in [0.717, 1.165) is 44.7 Å². The first-order valence-corrected chi connectivity index (χ1v) is 14.5. The molecular weight excluding hydrogens is 487 g/mol. The zero-order valence-electron chi connectivity index (χ0n) is 21.2. The first kappa shape index (κ1) is 26.9. The molecule has 5 nitrogen and oxygen atoms in total. The molecule has 4 rings (SSSR count). The van der Waals surface area contributed by atoms with Crippen LogP contribution in [0.25, 0.3) is 0 Å². The average molecular weight is 524 g/mol. The Morgan fingerprint density at radius 1 is 0.944 bits per heavy atom. The Hall–Kier alpha value is -2.10. The summed E-state index contributed by atoms with van der Waals surface area (Å²) in [6, 6.07) is 17.3. The summed E-state index contributed by atoms with van der Waals surface area (Å²) in [5, 5.41) is 0. The molecule has 0 spiro atoms. The third-order valence-corrected chi connectivity index (χ3v) is 8.73. The molecule has 36 heavy (non-hydrogen) atoms. The second-order valence-electron chi connectivity index (χ2n) is 10.5. The van der Waals surface area contributed by atoms with Crippen molar-refractivity contribution in [1.29, 1.82) is 0 Å². The van der Waals surface area contributed by atoms with Crippen molar-refractivity contribution in [2.45, 2.75) is 55.9 Å². The highest BCUT2D eigenvalue weighted by Crippen LogP contribution is 2.35. The van der Waals surface area contributed by atoms with Gasteiger partial charge in [0.05, 0.1) is 17.5 Å². The average Bonchev–Trinajstić information content (AvgIpc) is 2.81. The van der Waals surface area contributed by atoms with Crippen molar-refractivity contribution >= 4 is 15.5 Å². The maximum Gasteiger partial charge on any atom is 0.401 e. The number of nitrogens with zero attached hydrogens (tertiary/aromatic N) is 3. The number of hydrogen-bond donors (Lipinski definition) is 0. The number of alkyl halides is 3. The van der Waals surface area contributed by atoms with Crippen LogP contribution in [0.1, 0.15) is 38.3 Å². The Morgan fingerprint density at radius 2 is 1.61 bits per heavy atom. The maximum absolute atomic E-state index is 13.1. The van der Waals surface area contributed by atoms with Gasteiger partial charge in [-0.2, -0.15) is 13.2 Å². The first-order chi connectivity index (χ1) is 16.9. The zero-order valence-corrected chi connectivity index (χ0v) is 22.0. The van der Waals surface area contributed by atoms with E-state index in [0.29, 0.717) is 10.8 Å². The summed E-state index contributed by atoms with van der Waals surface area (Å²) in [5.41, 5.74) is 2.08. The summed E-state index contributed by atoms with van der Waals surface area (Å²) in [4.78, 5) is 6.61. The van der Waals surface area contributed by atoms with Crippen molar-refractivity contribution in [3.8, 4) is 0 Å². The fourth-order valence-corrected chi connectivity index (χ4v) is 6.60. The van der Waals surface area contributed by atoms with E-state index in [1.807, 2.05) is 38.1 Å². The van der Waals surface area contributed by atoms with E-state index in [9.17, 15) is 21.6 Å². The Morgan fingerprint density at radius 3 is 2.22 bits per heavy atom. The molecule has 2 heterocycles. The van der Waals surface area contributed by atoms with Gasteiger partial charge in [-0.15, -0.1) is 0 Å². The molecule has 0 aromatic heterocycles. The van der Waals surface area contributed by atoms with Gasteiger partial charge in [0.15, 0.2) is 9.84 Å². The first-order valence-electron chi connectivity index (χ1n) is 12.6. The molecule has 0 N–H and O–H groups in total. The van der Waals surface area contributed by atoms with E-state index < -0.39 is 22.6 Å². The van der Waals surface area contributed by atoms with Gasteiger partial charge in [0.25, 0.3) is 0 Å². The Kier molecular flexibility index (Phi) is 8.02. The fraction of sp³-hybridized carbons (Fsp3) is 0.556. The lowest BCUT2D eigenvalue weighted by atomic mass is 9.86. The van der Waals surface area contributed by atoms with E-state index in [-0.39, 0.29) is 18.1 Å². The predicted molar refractivity (Wildman–Crippen MR) is 137 cm³/mol. The lowest BCUT2D eigenvalue weighted by molar-refractivity contribution is -0.161. The minimum absolute atomic E-state index is 0.112. The SMILES string of the molecule is C[C@@H]1CC(CN2CCN(c3cccc(S(C)(=O)=O)c3)C[C@H]2c2ccccc2)C[C@H](C)N1CC(F)(F)F. The predicted octanol–water partition coefficient (Wildman–Crippen LogP) is 5.00. The van der Waals surface area contributed by atoms with Crippen molar-refractivity contribution in [3.63, 3.8) is 0 Å². The number of likely N-dealkylation sites (tertiary alicyclic amines) is 1. The van der Waals surface area contributed by atoms with Crippen LogP contribution in [0.2, 0.25) is 0 Å². The molecule has 0 saturated carbocycles. The second kappa shape index (κ2) is 10.7. The molecular formula is C27H36F3N3O2S. The number of halogens is 3. The van der Waals surface area contributed by atoms with Crippen LogP contribution in [0.15, 0.2) is 59.5 Å². The van der Waals surface area contributed by atoms with Gasteiger partial charge in [-0.3, -0.25) is 9.80 Å². The summed E-state index contributed by atoms with van der Waals surface area (Å²) >= 11 is 0. The molecule has 1 unspecified atom stereocenters. The third kappa shape index (κ3) is 6.61. The topological polar surface area (TPSA) is 43.9 Å². The molecule has 2 aliphatic rings. The second-order valence-corrected chi connectivity index (χ2v) is 12.5. The monoisotopic (exact) mass is 523 g/mol. The molecule has 2 saturated heterocycles. The molecule has 2 aromatic rings. The molecule has 2 aromatic carbocycles. The quantitative estimate of drug-likeness (QED) is 0.533. The van der Waals surface area contributed by atoms with Crippen LogP contribution in [0.4, 0.5) is 18.9 Å². The minimum atomic E-state index is -4.18. The van der Waals surface area contributed by atoms with Gasteiger partial charge in [0, 0.05) is 50.2 Å². The van der Waals surface area contributed by atoms with Gasteiger partial charge < -0.3 is 4.90 Å². The van der Waals surface area contributed by atoms with Gasteiger partial charge in [0.1, 0.15) is 0 Å². The number of sulfone groups is 1. The molecule has 4 atom stereocenters. The van der Waals surface area contributed by atoms with Gasteiger partial charge >= 0.3 is 6.18 Å². The molecule has 2 aliphatic heterocycles. The number of benzene rings is 2. The van der Waals surface area contributed by atoms with Crippen molar-refractivity contribution in [1.82, 2.24) is 9.80 Å². The van der Waals surface area contributed by atoms with Crippen LogP contribution in [0.3, 0.4) is 0 Å². The molecule has 0 radical (unpaired) electrons. The lowest BCUT2D eigenvalue weighted by Gasteiger charge is -2.47. The summed E-state index contributed by atoms with van der Waals surface area (Å²) in [6.45, 7) is 6.09. The van der Waals surface area contributed by atoms with Crippen LogP contribution >= 0.6 is 0 Å². The Bertz CT molecular complexity index is 1110. The number of piperidine rings is 1. The molecule has 0 aliphatic carbocycles. The van der Waals surface area contributed by atoms with Crippen molar-refractivity contribution < 1.29 is 21.6 Å². The van der Waals surface area contributed by atoms with Gasteiger partial charge in [-0.05, 0) is 56.4 Å². The van der Waals surface area contributed by atoms with Crippen molar-refractivity contribution in [3.05, 3.63) is 60.2 Å². The highest BCUT2D eigenvalue weighted by atomic mass is 32.2. The summed E-state index contributed by atoms with van der Waals surface area (Å²) in [5.74, 6) is 0.325. The summed E-state index contributed by atoms with van der Waals surface area (Å²) in [7, 11) is -3.30. The standard InChI is InChI=1S/C27H36F3N3O2S/c1-20-14-22(15-21(2)33(20)19-27(28,29)30)17-32-13-12-31(18-26(32)23-8-5-4-6-9-23)24-10-7-11-25(16-24)36(3,34)35/h4-11,16,20-22,26H,12-15,17-19H2,1-3H3/t20-,21+,22?,26-/m0/s1. The maximum atomic E-state index is 13.1. The van der Waals surface area contributed by atoms with Gasteiger partial charge in [-0.1, -0.05) is 36.4 Å². The van der Waals surface area contributed by atoms with Crippen LogP contribution < -0.4 is 4.90 Å². The number of piperazine rings is 1. The highest BCUT2D eigenvalue weighted by molar-refractivity contribution is 7.90. The van der Waals surface area contributed by atoms with E-state index >= 15 is 0 Å². The van der Waals surface area contributed by atoms with Gasteiger partial charge in [0.2, 0.25) is 0 Å². The number of rotatable bonds is 6. The lowest BCUT2D eigenvalue weighted by Crippen LogP contribution is -2.54. The fourth-order valence-electron chi connectivity index (χ4n) is 5.94. The largest absolute Gasteiger partial charge is 0.401 e. The van der Waals surface area contributed by atoms with E-state index in [4.69, 9.17) is 0 Å². The Labute approximate surface area is 212 Å². The highest BCUT2D eigenvalue weighted by Gasteiger charge is 2.40. The third-order valence-electron chi connectivity index (χ3n) is 7.62.